The first-order chi connectivity index (χ1) is 7.87. The molecule has 0 aromatic rings. The molecule has 0 aromatic heterocycles. The normalized spacial score (nSPS) is 28.1. The number of rotatable bonds is 5. The summed E-state index contributed by atoms with van der Waals surface area (Å²) in [7, 11) is 0. The van der Waals surface area contributed by atoms with E-state index >= 15 is 0 Å². The van der Waals surface area contributed by atoms with Crippen LogP contribution in [-0.4, -0.2) is 31.0 Å². The molecule has 2 unspecified atom stereocenters. The molecule has 5 heteroatoms. The van der Waals surface area contributed by atoms with Gasteiger partial charge in [0, 0.05) is 19.1 Å². The summed E-state index contributed by atoms with van der Waals surface area (Å²) in [6, 6.07) is -0.213. The van der Waals surface area contributed by atoms with Crippen molar-refractivity contribution in [3.05, 3.63) is 0 Å². The molecule has 1 saturated heterocycles. The summed E-state index contributed by atoms with van der Waals surface area (Å²) in [5.41, 5.74) is -0.445. The van der Waals surface area contributed by atoms with E-state index in [4.69, 9.17) is 4.74 Å². The van der Waals surface area contributed by atoms with E-state index in [9.17, 15) is 13.2 Å². The molecule has 0 aliphatic carbocycles. The van der Waals surface area contributed by atoms with Gasteiger partial charge in [-0.2, -0.15) is 13.2 Å². The molecule has 1 fully saturated rings. The lowest BCUT2D eigenvalue weighted by atomic mass is 9.85. The van der Waals surface area contributed by atoms with Crippen LogP contribution in [0.15, 0.2) is 0 Å². The van der Waals surface area contributed by atoms with Gasteiger partial charge in [-0.05, 0) is 39.2 Å². The van der Waals surface area contributed by atoms with Gasteiger partial charge in [0.2, 0.25) is 0 Å². The van der Waals surface area contributed by atoms with Gasteiger partial charge in [0.15, 0.2) is 0 Å². The third-order valence-corrected chi connectivity index (χ3v) is 3.40. The van der Waals surface area contributed by atoms with E-state index in [-0.39, 0.29) is 12.5 Å². The van der Waals surface area contributed by atoms with E-state index in [1.165, 1.54) is 0 Å². The van der Waals surface area contributed by atoms with Crippen molar-refractivity contribution in [2.45, 2.75) is 63.8 Å². The fraction of sp³-hybridized carbons (Fsp3) is 1.00. The van der Waals surface area contributed by atoms with Gasteiger partial charge in [-0.3, -0.25) is 0 Å². The van der Waals surface area contributed by atoms with Crippen molar-refractivity contribution in [2.24, 2.45) is 0 Å². The standard InChI is InChI=1S/C12H22F3NO/c1-3-16-10(6-8-12(13,14)15)11(2)7-4-5-9-17-11/h10,16H,3-9H2,1-2H3. The molecule has 1 aliphatic rings. The van der Waals surface area contributed by atoms with Gasteiger partial charge in [0.25, 0.3) is 0 Å². The highest BCUT2D eigenvalue weighted by Crippen LogP contribution is 2.32. The summed E-state index contributed by atoms with van der Waals surface area (Å²) >= 11 is 0. The fourth-order valence-electron chi connectivity index (χ4n) is 2.41. The van der Waals surface area contributed by atoms with Crippen LogP contribution < -0.4 is 5.32 Å². The smallest absolute Gasteiger partial charge is 0.374 e. The van der Waals surface area contributed by atoms with Crippen LogP contribution in [0.4, 0.5) is 13.2 Å². The molecule has 0 bridgehead atoms. The van der Waals surface area contributed by atoms with Crippen LogP contribution in [0.5, 0.6) is 0 Å². The summed E-state index contributed by atoms with van der Waals surface area (Å²) in [4.78, 5) is 0. The second-order valence-electron chi connectivity index (χ2n) is 4.88. The van der Waals surface area contributed by atoms with Crippen LogP contribution >= 0.6 is 0 Å². The van der Waals surface area contributed by atoms with Gasteiger partial charge in [0.05, 0.1) is 5.60 Å². The van der Waals surface area contributed by atoms with Crippen molar-refractivity contribution >= 4 is 0 Å². The van der Waals surface area contributed by atoms with E-state index in [1.54, 1.807) is 0 Å². The van der Waals surface area contributed by atoms with E-state index in [1.807, 2.05) is 13.8 Å². The number of hydrogen-bond acceptors (Lipinski definition) is 2. The SMILES string of the molecule is CCNC(CCC(F)(F)F)C1(C)CCCCO1. The van der Waals surface area contributed by atoms with E-state index < -0.39 is 18.2 Å². The first kappa shape index (κ1) is 14.8. The second-order valence-corrected chi connectivity index (χ2v) is 4.88. The highest BCUT2D eigenvalue weighted by atomic mass is 19.4. The molecule has 1 heterocycles. The van der Waals surface area contributed by atoms with Gasteiger partial charge >= 0.3 is 6.18 Å². The number of likely N-dealkylation sites (N-methyl/N-ethyl adjacent to an activating group) is 1. The Bertz CT molecular complexity index is 224. The quantitative estimate of drug-likeness (QED) is 0.812. The molecule has 1 N–H and O–H groups in total. The molecule has 2 nitrogen and oxygen atoms in total. The third-order valence-electron chi connectivity index (χ3n) is 3.40. The van der Waals surface area contributed by atoms with E-state index in [0.717, 1.165) is 19.3 Å². The van der Waals surface area contributed by atoms with Crippen LogP contribution in [0.25, 0.3) is 0 Å². The van der Waals surface area contributed by atoms with Crippen LogP contribution in [0, 0.1) is 0 Å². The molecule has 0 spiro atoms. The van der Waals surface area contributed by atoms with Gasteiger partial charge < -0.3 is 10.1 Å². The maximum Gasteiger partial charge on any atom is 0.389 e. The van der Waals surface area contributed by atoms with E-state index in [0.29, 0.717) is 13.2 Å². The van der Waals surface area contributed by atoms with Crippen molar-refractivity contribution in [3.8, 4) is 0 Å². The average Bonchev–Trinajstić information content (AvgIpc) is 2.23. The number of hydrogen-bond donors (Lipinski definition) is 1. The average molecular weight is 253 g/mol. The van der Waals surface area contributed by atoms with E-state index in [2.05, 4.69) is 5.32 Å². The zero-order chi connectivity index (χ0) is 12.9. The lowest BCUT2D eigenvalue weighted by Crippen LogP contribution is -2.52. The molecule has 17 heavy (non-hydrogen) atoms. The highest BCUT2D eigenvalue weighted by Gasteiger charge is 2.38. The first-order valence-electron chi connectivity index (χ1n) is 6.31. The molecule has 0 amide bonds. The minimum absolute atomic E-state index is 0.0911. The predicted octanol–water partition coefficient (Wildman–Crippen LogP) is 3.27. The number of ether oxygens (including phenoxy) is 1. The second kappa shape index (κ2) is 6.05. The summed E-state index contributed by atoms with van der Waals surface area (Å²) in [6.07, 6.45) is -1.86. The lowest BCUT2D eigenvalue weighted by molar-refractivity contribution is -0.145. The number of nitrogens with one attached hydrogen (secondary N) is 1. The van der Waals surface area contributed by atoms with Crippen molar-refractivity contribution in [1.29, 1.82) is 0 Å². The molecule has 1 aliphatic heterocycles. The lowest BCUT2D eigenvalue weighted by Gasteiger charge is -2.41. The van der Waals surface area contributed by atoms with Crippen molar-refractivity contribution in [3.63, 3.8) is 0 Å². The van der Waals surface area contributed by atoms with Gasteiger partial charge in [0.1, 0.15) is 0 Å². The molecular weight excluding hydrogens is 231 g/mol. The molecule has 102 valence electrons. The minimum Gasteiger partial charge on any atom is -0.374 e. The van der Waals surface area contributed by atoms with Gasteiger partial charge in [-0.15, -0.1) is 0 Å². The third kappa shape index (κ3) is 4.84. The predicted molar refractivity (Wildman–Crippen MR) is 61.0 cm³/mol. The van der Waals surface area contributed by atoms with Crippen LogP contribution in [0.2, 0.25) is 0 Å². The number of halogens is 3. The molecule has 1 rings (SSSR count). The molecule has 0 aromatic carbocycles. The van der Waals surface area contributed by atoms with Crippen LogP contribution in [0.3, 0.4) is 0 Å². The maximum absolute atomic E-state index is 12.3. The molecule has 0 saturated carbocycles. The summed E-state index contributed by atoms with van der Waals surface area (Å²) in [5.74, 6) is 0. The van der Waals surface area contributed by atoms with Crippen molar-refractivity contribution < 1.29 is 17.9 Å². The summed E-state index contributed by atoms with van der Waals surface area (Å²) in [5, 5.41) is 3.14. The molecule has 2 atom stereocenters. The topological polar surface area (TPSA) is 21.3 Å². The fourth-order valence-corrected chi connectivity index (χ4v) is 2.41. The van der Waals surface area contributed by atoms with Crippen LogP contribution in [0.1, 0.15) is 46.0 Å². The Morgan fingerprint density at radius 1 is 1.35 bits per heavy atom. The monoisotopic (exact) mass is 253 g/mol. The largest absolute Gasteiger partial charge is 0.389 e. The summed E-state index contributed by atoms with van der Waals surface area (Å²) < 4.78 is 42.6. The molecular formula is C12H22F3NO. The van der Waals surface area contributed by atoms with Crippen molar-refractivity contribution in [2.75, 3.05) is 13.2 Å². The zero-order valence-corrected chi connectivity index (χ0v) is 10.6. The Labute approximate surface area is 101 Å². The Kier molecular flexibility index (Phi) is 5.25. The maximum atomic E-state index is 12.3. The van der Waals surface area contributed by atoms with Crippen molar-refractivity contribution in [1.82, 2.24) is 5.32 Å². The van der Waals surface area contributed by atoms with Gasteiger partial charge in [-0.1, -0.05) is 6.92 Å². The zero-order valence-electron chi connectivity index (χ0n) is 10.6. The Morgan fingerprint density at radius 3 is 2.53 bits per heavy atom. The Balaban J connectivity index is 2.57. The first-order valence-corrected chi connectivity index (χ1v) is 6.31. The minimum atomic E-state index is -4.08. The Morgan fingerprint density at radius 2 is 2.06 bits per heavy atom. The molecule has 0 radical (unpaired) electrons. The Hall–Kier alpha value is -0.290. The van der Waals surface area contributed by atoms with Gasteiger partial charge in [-0.25, -0.2) is 0 Å². The number of alkyl halides is 3. The van der Waals surface area contributed by atoms with Crippen LogP contribution in [-0.2, 0) is 4.74 Å². The highest BCUT2D eigenvalue weighted by molar-refractivity contribution is 4.91. The summed E-state index contributed by atoms with van der Waals surface area (Å²) in [6.45, 7) is 5.16.